The third-order valence-electron chi connectivity index (χ3n) is 3.62. The van der Waals surface area contributed by atoms with Crippen molar-refractivity contribution in [3.05, 3.63) is 0 Å². The van der Waals surface area contributed by atoms with Gasteiger partial charge >= 0.3 is 12.0 Å². The topological polar surface area (TPSA) is 101 Å². The van der Waals surface area contributed by atoms with Crippen LogP contribution in [0.4, 0.5) is 4.79 Å². The lowest BCUT2D eigenvalue weighted by molar-refractivity contribution is -0.141. The van der Waals surface area contributed by atoms with Crippen LogP contribution in [0.5, 0.6) is 0 Å². The maximum Gasteiger partial charge on any atom is 0.326 e. The lowest BCUT2D eigenvalue weighted by Crippen LogP contribution is -2.47. The number of urea groups is 1. The summed E-state index contributed by atoms with van der Waals surface area (Å²) in [6, 6.07) is -1.30. The zero-order valence-electron chi connectivity index (χ0n) is 10.0. The summed E-state index contributed by atoms with van der Waals surface area (Å²) < 4.78 is 0. The molecular weight excluding hydrogens is 240 g/mol. The van der Waals surface area contributed by atoms with Crippen LogP contribution in [0, 0.1) is 5.92 Å². The summed E-state index contributed by atoms with van der Waals surface area (Å²) in [5, 5.41) is 27.5. The number of hydrogen-bond acceptors (Lipinski definition) is 4. The standard InChI is InChI=1S/C11H18N2O5/c14-6-7-1-2-12(4-7)11(18)13-5-8(15)3-9(13)10(16)17/h7-9,14-15H,1-6H2,(H,16,17)/t7?,8-,9-/m0/s1. The van der Waals surface area contributed by atoms with Gasteiger partial charge in [0, 0.05) is 38.6 Å². The number of hydrogen-bond donors (Lipinski definition) is 3. The molecular formula is C11H18N2O5. The molecule has 0 radical (unpaired) electrons. The van der Waals surface area contributed by atoms with Gasteiger partial charge in [0.2, 0.25) is 0 Å². The molecule has 1 unspecified atom stereocenters. The Kier molecular flexibility index (Phi) is 3.72. The van der Waals surface area contributed by atoms with E-state index < -0.39 is 18.1 Å². The summed E-state index contributed by atoms with van der Waals surface area (Å²) in [5.74, 6) is -1.01. The van der Waals surface area contributed by atoms with Crippen LogP contribution in [0.3, 0.4) is 0 Å². The molecule has 2 rings (SSSR count). The van der Waals surface area contributed by atoms with Crippen molar-refractivity contribution in [1.82, 2.24) is 9.80 Å². The van der Waals surface area contributed by atoms with Gasteiger partial charge in [-0.15, -0.1) is 0 Å². The number of carbonyl (C=O) groups is 2. The van der Waals surface area contributed by atoms with Crippen LogP contribution in [0.15, 0.2) is 0 Å². The number of likely N-dealkylation sites (tertiary alicyclic amines) is 2. The predicted octanol–water partition coefficient (Wildman–Crippen LogP) is -1.06. The lowest BCUT2D eigenvalue weighted by atomic mass is 10.1. The average Bonchev–Trinajstić information content (AvgIpc) is 2.94. The van der Waals surface area contributed by atoms with Gasteiger partial charge in [-0.1, -0.05) is 0 Å². The first-order chi connectivity index (χ1) is 8.52. The quantitative estimate of drug-likeness (QED) is 0.586. The second-order valence-electron chi connectivity index (χ2n) is 4.96. The summed E-state index contributed by atoms with van der Waals surface area (Å²) in [6.45, 7) is 1.09. The van der Waals surface area contributed by atoms with Crippen LogP contribution in [-0.2, 0) is 4.79 Å². The van der Waals surface area contributed by atoms with Crippen molar-refractivity contribution >= 4 is 12.0 Å². The molecule has 2 heterocycles. The van der Waals surface area contributed by atoms with Gasteiger partial charge in [0.1, 0.15) is 6.04 Å². The van der Waals surface area contributed by atoms with Gasteiger partial charge in [0.25, 0.3) is 0 Å². The molecule has 18 heavy (non-hydrogen) atoms. The number of nitrogens with zero attached hydrogens (tertiary/aromatic N) is 2. The first-order valence-corrected chi connectivity index (χ1v) is 6.10. The van der Waals surface area contributed by atoms with Crippen molar-refractivity contribution in [3.8, 4) is 0 Å². The SMILES string of the molecule is O=C(O)[C@@H]1C[C@H](O)CN1C(=O)N1CCC(CO)C1. The first-order valence-electron chi connectivity index (χ1n) is 6.10. The summed E-state index contributed by atoms with van der Waals surface area (Å²) >= 11 is 0. The van der Waals surface area contributed by atoms with E-state index in [2.05, 4.69) is 0 Å². The number of carboxylic acid groups (broad SMARTS) is 1. The Morgan fingerprint density at radius 3 is 2.56 bits per heavy atom. The molecule has 3 N–H and O–H groups in total. The first kappa shape index (κ1) is 13.1. The molecule has 7 nitrogen and oxygen atoms in total. The third kappa shape index (κ3) is 2.41. The van der Waals surface area contributed by atoms with Crippen molar-refractivity contribution in [2.45, 2.75) is 25.0 Å². The second kappa shape index (κ2) is 5.11. The number of carbonyl (C=O) groups excluding carboxylic acids is 1. The molecule has 102 valence electrons. The van der Waals surface area contributed by atoms with E-state index in [0.29, 0.717) is 13.1 Å². The van der Waals surface area contributed by atoms with Gasteiger partial charge in [-0.2, -0.15) is 0 Å². The largest absolute Gasteiger partial charge is 0.480 e. The normalized spacial score (nSPS) is 32.0. The van der Waals surface area contributed by atoms with Crippen LogP contribution < -0.4 is 0 Å². The Morgan fingerprint density at radius 2 is 2.00 bits per heavy atom. The fourth-order valence-corrected chi connectivity index (χ4v) is 2.60. The highest BCUT2D eigenvalue weighted by Crippen LogP contribution is 2.23. The van der Waals surface area contributed by atoms with E-state index in [4.69, 9.17) is 10.2 Å². The predicted molar refractivity (Wildman–Crippen MR) is 60.9 cm³/mol. The van der Waals surface area contributed by atoms with Gasteiger partial charge in [0.05, 0.1) is 6.10 Å². The van der Waals surface area contributed by atoms with E-state index in [1.54, 1.807) is 4.90 Å². The van der Waals surface area contributed by atoms with Gasteiger partial charge < -0.3 is 25.1 Å². The zero-order valence-corrected chi connectivity index (χ0v) is 10.0. The molecule has 0 spiro atoms. The van der Waals surface area contributed by atoms with Gasteiger partial charge in [0.15, 0.2) is 0 Å². The van der Waals surface area contributed by atoms with E-state index >= 15 is 0 Å². The molecule has 0 bridgehead atoms. The molecule has 0 aromatic carbocycles. The number of carboxylic acids is 1. The summed E-state index contributed by atoms with van der Waals surface area (Å²) in [6.07, 6.45) is 0.0422. The van der Waals surface area contributed by atoms with Gasteiger partial charge in [-0.3, -0.25) is 0 Å². The molecule has 3 atom stereocenters. The average molecular weight is 258 g/mol. The number of aliphatic hydroxyl groups is 2. The fraction of sp³-hybridized carbons (Fsp3) is 0.818. The Hall–Kier alpha value is -1.34. The molecule has 2 fully saturated rings. The second-order valence-corrected chi connectivity index (χ2v) is 4.96. The van der Waals surface area contributed by atoms with Crippen molar-refractivity contribution < 1.29 is 24.9 Å². The van der Waals surface area contributed by atoms with Crippen LogP contribution in [-0.4, -0.2) is 75.5 Å². The van der Waals surface area contributed by atoms with E-state index in [1.807, 2.05) is 0 Å². The van der Waals surface area contributed by atoms with E-state index in [0.717, 1.165) is 6.42 Å². The number of rotatable bonds is 2. The molecule has 0 saturated carbocycles. The molecule has 0 aliphatic carbocycles. The number of aliphatic hydroxyl groups excluding tert-OH is 2. The highest BCUT2D eigenvalue weighted by atomic mass is 16.4. The molecule has 0 aromatic heterocycles. The van der Waals surface area contributed by atoms with Crippen molar-refractivity contribution in [3.63, 3.8) is 0 Å². The van der Waals surface area contributed by atoms with Crippen molar-refractivity contribution in [1.29, 1.82) is 0 Å². The smallest absolute Gasteiger partial charge is 0.326 e. The Bertz CT molecular complexity index is 348. The van der Waals surface area contributed by atoms with Gasteiger partial charge in [-0.25, -0.2) is 9.59 Å². The van der Waals surface area contributed by atoms with Crippen LogP contribution in [0.25, 0.3) is 0 Å². The summed E-state index contributed by atoms with van der Waals surface area (Å²) in [5.41, 5.74) is 0. The molecule has 2 aliphatic heterocycles. The number of aliphatic carboxylic acids is 1. The number of β-amino-alcohol motifs (C(OH)–C–C–N with tert-alkyl or cyclic N) is 1. The zero-order chi connectivity index (χ0) is 13.3. The van der Waals surface area contributed by atoms with E-state index in [-0.39, 0.29) is 31.5 Å². The lowest BCUT2D eigenvalue weighted by Gasteiger charge is -2.27. The van der Waals surface area contributed by atoms with Crippen LogP contribution >= 0.6 is 0 Å². The monoisotopic (exact) mass is 258 g/mol. The molecule has 0 aromatic rings. The van der Waals surface area contributed by atoms with Crippen LogP contribution in [0.1, 0.15) is 12.8 Å². The van der Waals surface area contributed by atoms with Crippen molar-refractivity contribution in [2.75, 3.05) is 26.2 Å². The van der Waals surface area contributed by atoms with E-state index in [1.165, 1.54) is 4.90 Å². The maximum atomic E-state index is 12.2. The maximum absolute atomic E-state index is 12.2. The molecule has 2 saturated heterocycles. The minimum absolute atomic E-state index is 0.0365. The number of amides is 2. The van der Waals surface area contributed by atoms with Crippen molar-refractivity contribution in [2.24, 2.45) is 5.92 Å². The summed E-state index contributed by atoms with van der Waals surface area (Å²) in [7, 11) is 0. The highest BCUT2D eigenvalue weighted by Gasteiger charge is 2.41. The van der Waals surface area contributed by atoms with E-state index in [9.17, 15) is 14.7 Å². The fourth-order valence-electron chi connectivity index (χ4n) is 2.60. The molecule has 2 aliphatic rings. The third-order valence-corrected chi connectivity index (χ3v) is 3.62. The minimum Gasteiger partial charge on any atom is -0.480 e. The summed E-state index contributed by atoms with van der Waals surface area (Å²) in [4.78, 5) is 26.0. The Balaban J connectivity index is 2.02. The Morgan fingerprint density at radius 1 is 1.28 bits per heavy atom. The molecule has 7 heteroatoms. The Labute approximate surface area is 105 Å². The minimum atomic E-state index is -1.09. The highest BCUT2D eigenvalue weighted by molar-refractivity contribution is 5.83. The van der Waals surface area contributed by atoms with Gasteiger partial charge in [-0.05, 0) is 6.42 Å². The molecule has 2 amide bonds. The van der Waals surface area contributed by atoms with Crippen LogP contribution in [0.2, 0.25) is 0 Å².